The topological polar surface area (TPSA) is 63.2 Å². The van der Waals surface area contributed by atoms with Gasteiger partial charge in [0.2, 0.25) is 0 Å². The molecular weight excluding hydrogens is 278 g/mol. The summed E-state index contributed by atoms with van der Waals surface area (Å²) in [5, 5.41) is 6.38. The van der Waals surface area contributed by atoms with Crippen molar-refractivity contribution in [2.45, 2.75) is 32.7 Å². The predicted octanol–water partition coefficient (Wildman–Crippen LogP) is 2.71. The van der Waals surface area contributed by atoms with Crippen molar-refractivity contribution in [3.8, 4) is 0 Å². The van der Waals surface area contributed by atoms with E-state index in [1.165, 1.54) is 6.20 Å². The van der Waals surface area contributed by atoms with Gasteiger partial charge in [-0.15, -0.1) is 0 Å². The second-order valence-electron chi connectivity index (χ2n) is 4.51. The van der Waals surface area contributed by atoms with Crippen molar-refractivity contribution in [2.24, 2.45) is 0 Å². The van der Waals surface area contributed by atoms with E-state index in [1.54, 1.807) is 13.2 Å². The first-order valence-electron chi connectivity index (χ1n) is 6.81. The van der Waals surface area contributed by atoms with Gasteiger partial charge in [-0.1, -0.05) is 25.4 Å². The van der Waals surface area contributed by atoms with Crippen LogP contribution in [-0.2, 0) is 4.74 Å². The highest BCUT2D eigenvalue weighted by atomic mass is 35.5. The summed E-state index contributed by atoms with van der Waals surface area (Å²) in [6.07, 6.45) is 3.27. The zero-order valence-electron chi connectivity index (χ0n) is 12.2. The third-order valence-electron chi connectivity index (χ3n) is 2.85. The van der Waals surface area contributed by atoms with Gasteiger partial charge in [0.25, 0.3) is 5.91 Å². The van der Waals surface area contributed by atoms with E-state index in [0.717, 1.165) is 19.4 Å². The Hall–Kier alpha value is -1.33. The molecule has 0 radical (unpaired) electrons. The number of halogens is 1. The van der Waals surface area contributed by atoms with Crippen molar-refractivity contribution in [1.29, 1.82) is 0 Å². The van der Waals surface area contributed by atoms with Crippen molar-refractivity contribution in [3.05, 3.63) is 22.8 Å². The highest BCUT2D eigenvalue weighted by Crippen LogP contribution is 2.18. The normalized spacial score (nSPS) is 12.0. The molecule has 1 rings (SSSR count). The number of rotatable bonds is 8. The smallest absolute Gasteiger partial charge is 0.253 e. The summed E-state index contributed by atoms with van der Waals surface area (Å²) in [5.74, 6) is 0.446. The Kier molecular flexibility index (Phi) is 7.33. The van der Waals surface area contributed by atoms with Crippen LogP contribution in [0.2, 0.25) is 5.02 Å². The van der Waals surface area contributed by atoms with E-state index < -0.39 is 0 Å². The SMILES string of the molecule is CCCNc1cc(C(=O)NC(CC)COC)c(Cl)cn1. The third kappa shape index (κ3) is 4.98. The number of carbonyl (C=O) groups excluding carboxylic acids is 1. The molecule has 0 aliphatic rings. The summed E-state index contributed by atoms with van der Waals surface area (Å²) in [6.45, 7) is 5.34. The van der Waals surface area contributed by atoms with Crippen LogP contribution in [0.1, 0.15) is 37.0 Å². The Bertz CT molecular complexity index is 440. The van der Waals surface area contributed by atoms with Gasteiger partial charge >= 0.3 is 0 Å². The lowest BCUT2D eigenvalue weighted by Crippen LogP contribution is -2.37. The summed E-state index contributed by atoms with van der Waals surface area (Å²) in [6, 6.07) is 1.65. The summed E-state index contributed by atoms with van der Waals surface area (Å²) in [7, 11) is 1.61. The van der Waals surface area contributed by atoms with Gasteiger partial charge in [0.05, 0.1) is 23.2 Å². The van der Waals surface area contributed by atoms with Gasteiger partial charge in [0, 0.05) is 19.9 Å². The van der Waals surface area contributed by atoms with Crippen LogP contribution in [0.3, 0.4) is 0 Å². The molecule has 2 N–H and O–H groups in total. The molecule has 6 heteroatoms. The molecule has 5 nitrogen and oxygen atoms in total. The molecule has 0 fully saturated rings. The van der Waals surface area contributed by atoms with Gasteiger partial charge in [0.1, 0.15) is 5.82 Å². The lowest BCUT2D eigenvalue weighted by Gasteiger charge is -2.16. The average Bonchev–Trinajstić information content (AvgIpc) is 2.45. The summed E-state index contributed by atoms with van der Waals surface area (Å²) in [5.41, 5.74) is 0.426. The van der Waals surface area contributed by atoms with Crippen molar-refractivity contribution < 1.29 is 9.53 Å². The lowest BCUT2D eigenvalue weighted by molar-refractivity contribution is 0.0894. The summed E-state index contributed by atoms with van der Waals surface area (Å²) in [4.78, 5) is 16.4. The molecule has 0 bridgehead atoms. The zero-order valence-corrected chi connectivity index (χ0v) is 13.0. The number of pyridine rings is 1. The molecule has 1 heterocycles. The standard InChI is InChI=1S/C14H22ClN3O2/c1-4-6-16-13-7-11(12(15)8-17-13)14(19)18-10(5-2)9-20-3/h7-8,10H,4-6,9H2,1-3H3,(H,16,17)(H,18,19). The first-order valence-corrected chi connectivity index (χ1v) is 7.19. The Labute approximate surface area is 125 Å². The average molecular weight is 300 g/mol. The second kappa shape index (κ2) is 8.76. The van der Waals surface area contributed by atoms with Crippen LogP contribution in [0.4, 0.5) is 5.82 Å². The summed E-state index contributed by atoms with van der Waals surface area (Å²) >= 11 is 6.05. The number of nitrogens with one attached hydrogen (secondary N) is 2. The van der Waals surface area contributed by atoms with E-state index >= 15 is 0 Å². The molecule has 0 saturated carbocycles. The number of nitrogens with zero attached hydrogens (tertiary/aromatic N) is 1. The molecule has 0 spiro atoms. The molecule has 1 aromatic heterocycles. The molecule has 1 aromatic rings. The molecule has 112 valence electrons. The largest absolute Gasteiger partial charge is 0.383 e. The quantitative estimate of drug-likeness (QED) is 0.775. The highest BCUT2D eigenvalue weighted by Gasteiger charge is 2.15. The Morgan fingerprint density at radius 1 is 1.50 bits per heavy atom. The monoisotopic (exact) mass is 299 g/mol. The van der Waals surface area contributed by atoms with Crippen molar-refractivity contribution in [2.75, 3.05) is 25.6 Å². The number of methoxy groups -OCH3 is 1. The van der Waals surface area contributed by atoms with E-state index in [0.29, 0.717) is 23.0 Å². The molecule has 1 unspecified atom stereocenters. The van der Waals surface area contributed by atoms with Crippen LogP contribution in [0.15, 0.2) is 12.3 Å². The molecule has 1 amide bonds. The minimum Gasteiger partial charge on any atom is -0.383 e. The maximum Gasteiger partial charge on any atom is 0.253 e. The fourth-order valence-electron chi connectivity index (χ4n) is 1.69. The van der Waals surface area contributed by atoms with Gasteiger partial charge in [0.15, 0.2) is 0 Å². The molecule has 0 aromatic carbocycles. The van der Waals surface area contributed by atoms with Gasteiger partial charge in [-0.05, 0) is 18.9 Å². The second-order valence-corrected chi connectivity index (χ2v) is 4.92. The van der Waals surface area contributed by atoms with E-state index in [9.17, 15) is 4.79 Å². The molecule has 0 aliphatic carbocycles. The summed E-state index contributed by atoms with van der Waals surface area (Å²) < 4.78 is 5.07. The Morgan fingerprint density at radius 3 is 2.85 bits per heavy atom. The minimum atomic E-state index is -0.208. The molecule has 0 saturated heterocycles. The predicted molar refractivity (Wildman–Crippen MR) is 81.4 cm³/mol. The fraction of sp³-hybridized carbons (Fsp3) is 0.571. The Balaban J connectivity index is 2.80. The van der Waals surface area contributed by atoms with Crippen LogP contribution >= 0.6 is 11.6 Å². The molecular formula is C14H22ClN3O2. The van der Waals surface area contributed by atoms with Crippen LogP contribution in [0.5, 0.6) is 0 Å². The van der Waals surface area contributed by atoms with Gasteiger partial charge in [-0.25, -0.2) is 4.98 Å². The van der Waals surface area contributed by atoms with Gasteiger partial charge in [-0.2, -0.15) is 0 Å². The van der Waals surface area contributed by atoms with E-state index in [1.807, 2.05) is 6.92 Å². The van der Waals surface area contributed by atoms with Crippen LogP contribution < -0.4 is 10.6 Å². The first-order chi connectivity index (χ1) is 9.62. The third-order valence-corrected chi connectivity index (χ3v) is 3.15. The number of ether oxygens (including phenoxy) is 1. The van der Waals surface area contributed by atoms with Crippen molar-refractivity contribution in [1.82, 2.24) is 10.3 Å². The number of hydrogen-bond donors (Lipinski definition) is 2. The van der Waals surface area contributed by atoms with Crippen molar-refractivity contribution >= 4 is 23.3 Å². The molecule has 20 heavy (non-hydrogen) atoms. The van der Waals surface area contributed by atoms with Crippen LogP contribution in [0, 0.1) is 0 Å². The van der Waals surface area contributed by atoms with E-state index in [4.69, 9.17) is 16.3 Å². The maximum absolute atomic E-state index is 12.2. The first kappa shape index (κ1) is 16.7. The molecule has 0 aliphatic heterocycles. The molecule has 1 atom stereocenters. The number of hydrogen-bond acceptors (Lipinski definition) is 4. The van der Waals surface area contributed by atoms with Crippen LogP contribution in [0.25, 0.3) is 0 Å². The Morgan fingerprint density at radius 2 is 2.25 bits per heavy atom. The van der Waals surface area contributed by atoms with Crippen molar-refractivity contribution in [3.63, 3.8) is 0 Å². The van der Waals surface area contributed by atoms with E-state index in [2.05, 4.69) is 22.5 Å². The number of anilines is 1. The fourth-order valence-corrected chi connectivity index (χ4v) is 1.88. The van der Waals surface area contributed by atoms with E-state index in [-0.39, 0.29) is 11.9 Å². The van der Waals surface area contributed by atoms with Gasteiger partial charge < -0.3 is 15.4 Å². The zero-order chi connectivity index (χ0) is 15.0. The number of amides is 1. The minimum absolute atomic E-state index is 0.0243. The van der Waals surface area contributed by atoms with Gasteiger partial charge in [-0.3, -0.25) is 4.79 Å². The maximum atomic E-state index is 12.2. The number of carbonyl (C=O) groups is 1. The van der Waals surface area contributed by atoms with Crippen LogP contribution in [-0.4, -0.2) is 37.2 Å². The lowest BCUT2D eigenvalue weighted by atomic mass is 10.2. The number of aromatic nitrogens is 1. The highest BCUT2D eigenvalue weighted by molar-refractivity contribution is 6.33.